The lowest BCUT2D eigenvalue weighted by molar-refractivity contribution is 0.452. The lowest BCUT2D eigenvalue weighted by Crippen LogP contribution is -2.21. The third-order valence-electron chi connectivity index (χ3n) is 3.11. The smallest absolute Gasteiger partial charge is 0.323 e. The van der Waals surface area contributed by atoms with Gasteiger partial charge in [0.05, 0.1) is 23.3 Å². The lowest BCUT2D eigenvalue weighted by atomic mass is 10.0. The normalized spacial score (nSPS) is 12.9. The van der Waals surface area contributed by atoms with Crippen molar-refractivity contribution in [2.45, 2.75) is 13.0 Å². The number of aromatic nitrogens is 2. The quantitative estimate of drug-likeness (QED) is 0.670. The van der Waals surface area contributed by atoms with E-state index >= 15 is 0 Å². The van der Waals surface area contributed by atoms with Gasteiger partial charge >= 0.3 is 5.69 Å². The van der Waals surface area contributed by atoms with Crippen molar-refractivity contribution in [3.05, 3.63) is 58.4 Å². The highest BCUT2D eigenvalue weighted by molar-refractivity contribution is 5.75. The maximum atomic E-state index is 11.3. The van der Waals surface area contributed by atoms with Crippen LogP contribution < -0.4 is 11.0 Å². The van der Waals surface area contributed by atoms with E-state index in [1.807, 2.05) is 37.3 Å². The summed E-state index contributed by atoms with van der Waals surface area (Å²) in [5.41, 5.74) is 2.48. The molecule has 5 heteroatoms. The molecule has 0 saturated heterocycles. The standard InChI is InChI=1S/C14H15N3O2/c1-2-15-13(12-4-3-7-19-12)9-5-6-10-11(8-9)17-14(18)16-10/h3-8,13,15H,2H2,1H3,(H2,16,17,18). The van der Waals surface area contributed by atoms with Gasteiger partial charge in [0.15, 0.2) is 0 Å². The molecular formula is C14H15N3O2. The Kier molecular flexibility index (Phi) is 2.97. The molecule has 0 saturated carbocycles. The second kappa shape index (κ2) is 4.78. The number of hydrogen-bond acceptors (Lipinski definition) is 3. The molecule has 0 bridgehead atoms. The van der Waals surface area contributed by atoms with Crippen LogP contribution in [-0.2, 0) is 0 Å². The average Bonchev–Trinajstić information content (AvgIpc) is 3.02. The van der Waals surface area contributed by atoms with E-state index in [1.54, 1.807) is 6.26 Å². The predicted molar refractivity (Wildman–Crippen MR) is 73.1 cm³/mol. The number of fused-ring (bicyclic) bond motifs is 1. The number of rotatable bonds is 4. The Labute approximate surface area is 109 Å². The zero-order valence-electron chi connectivity index (χ0n) is 10.6. The van der Waals surface area contributed by atoms with E-state index < -0.39 is 0 Å². The van der Waals surface area contributed by atoms with Gasteiger partial charge in [-0.25, -0.2) is 4.79 Å². The van der Waals surface area contributed by atoms with Crippen LogP contribution in [-0.4, -0.2) is 16.5 Å². The molecule has 0 aliphatic rings. The minimum atomic E-state index is -0.190. The van der Waals surface area contributed by atoms with Crippen molar-refractivity contribution in [2.75, 3.05) is 6.54 Å². The number of H-pyrrole nitrogens is 2. The lowest BCUT2D eigenvalue weighted by Gasteiger charge is -2.15. The first-order chi connectivity index (χ1) is 9.28. The molecular weight excluding hydrogens is 242 g/mol. The highest BCUT2D eigenvalue weighted by Gasteiger charge is 2.16. The minimum Gasteiger partial charge on any atom is -0.467 e. The Hall–Kier alpha value is -2.27. The van der Waals surface area contributed by atoms with Gasteiger partial charge in [0.25, 0.3) is 0 Å². The van der Waals surface area contributed by atoms with Gasteiger partial charge in [-0.3, -0.25) is 0 Å². The largest absolute Gasteiger partial charge is 0.467 e. The number of imidazole rings is 1. The van der Waals surface area contributed by atoms with E-state index in [4.69, 9.17) is 4.42 Å². The Bertz CT molecular complexity index is 725. The second-order valence-corrected chi connectivity index (χ2v) is 4.39. The SMILES string of the molecule is CCNC(c1ccc2[nH]c(=O)[nH]c2c1)c1ccco1. The van der Waals surface area contributed by atoms with E-state index in [0.717, 1.165) is 28.9 Å². The van der Waals surface area contributed by atoms with Crippen molar-refractivity contribution in [2.24, 2.45) is 0 Å². The van der Waals surface area contributed by atoms with Crippen molar-refractivity contribution >= 4 is 11.0 Å². The van der Waals surface area contributed by atoms with Crippen molar-refractivity contribution in [3.8, 4) is 0 Å². The first-order valence-electron chi connectivity index (χ1n) is 6.26. The maximum Gasteiger partial charge on any atom is 0.323 e. The molecule has 98 valence electrons. The molecule has 19 heavy (non-hydrogen) atoms. The molecule has 1 aromatic carbocycles. The van der Waals surface area contributed by atoms with Crippen LogP contribution in [0.15, 0.2) is 45.8 Å². The molecule has 3 rings (SSSR count). The Balaban J connectivity index is 2.06. The van der Waals surface area contributed by atoms with Crippen LogP contribution in [0.25, 0.3) is 11.0 Å². The van der Waals surface area contributed by atoms with Crippen molar-refractivity contribution < 1.29 is 4.42 Å². The fourth-order valence-corrected chi connectivity index (χ4v) is 2.27. The summed E-state index contributed by atoms with van der Waals surface area (Å²) in [6.07, 6.45) is 1.66. The molecule has 0 aliphatic heterocycles. The zero-order chi connectivity index (χ0) is 13.2. The Morgan fingerprint density at radius 3 is 2.84 bits per heavy atom. The predicted octanol–water partition coefficient (Wildman–Crippen LogP) is 2.15. The van der Waals surface area contributed by atoms with Gasteiger partial charge < -0.3 is 19.7 Å². The van der Waals surface area contributed by atoms with Gasteiger partial charge in [0.1, 0.15) is 5.76 Å². The van der Waals surface area contributed by atoms with Crippen LogP contribution >= 0.6 is 0 Å². The molecule has 0 radical (unpaired) electrons. The molecule has 2 aromatic heterocycles. The highest BCUT2D eigenvalue weighted by Crippen LogP contribution is 2.24. The summed E-state index contributed by atoms with van der Waals surface area (Å²) in [7, 11) is 0. The van der Waals surface area contributed by atoms with Gasteiger partial charge in [0, 0.05) is 0 Å². The first-order valence-corrected chi connectivity index (χ1v) is 6.26. The molecule has 1 unspecified atom stereocenters. The fourth-order valence-electron chi connectivity index (χ4n) is 2.27. The zero-order valence-corrected chi connectivity index (χ0v) is 10.6. The van der Waals surface area contributed by atoms with E-state index in [1.165, 1.54) is 0 Å². The number of furan rings is 1. The molecule has 3 N–H and O–H groups in total. The number of hydrogen-bond donors (Lipinski definition) is 3. The Morgan fingerprint density at radius 1 is 1.26 bits per heavy atom. The molecule has 1 atom stereocenters. The van der Waals surface area contributed by atoms with Gasteiger partial charge in [-0.2, -0.15) is 0 Å². The Morgan fingerprint density at radius 2 is 2.11 bits per heavy atom. The number of aromatic amines is 2. The molecule has 2 heterocycles. The monoisotopic (exact) mass is 257 g/mol. The molecule has 0 fully saturated rings. The van der Waals surface area contributed by atoms with Crippen molar-refractivity contribution in [3.63, 3.8) is 0 Å². The van der Waals surface area contributed by atoms with Gasteiger partial charge in [-0.05, 0) is 36.4 Å². The summed E-state index contributed by atoms with van der Waals surface area (Å²) >= 11 is 0. The van der Waals surface area contributed by atoms with E-state index in [0.29, 0.717) is 0 Å². The van der Waals surface area contributed by atoms with Crippen LogP contribution in [0.5, 0.6) is 0 Å². The van der Waals surface area contributed by atoms with Crippen LogP contribution in [0, 0.1) is 0 Å². The van der Waals surface area contributed by atoms with Crippen LogP contribution in [0.3, 0.4) is 0 Å². The van der Waals surface area contributed by atoms with E-state index in [9.17, 15) is 4.79 Å². The minimum absolute atomic E-state index is 0.0113. The maximum absolute atomic E-state index is 11.3. The van der Waals surface area contributed by atoms with Crippen LogP contribution in [0.4, 0.5) is 0 Å². The summed E-state index contributed by atoms with van der Waals surface area (Å²) in [5.74, 6) is 0.860. The topological polar surface area (TPSA) is 73.8 Å². The average molecular weight is 257 g/mol. The van der Waals surface area contributed by atoms with Crippen LogP contribution in [0.1, 0.15) is 24.3 Å². The highest BCUT2D eigenvalue weighted by atomic mass is 16.3. The van der Waals surface area contributed by atoms with Crippen molar-refractivity contribution in [1.29, 1.82) is 0 Å². The molecule has 5 nitrogen and oxygen atoms in total. The second-order valence-electron chi connectivity index (χ2n) is 4.39. The third kappa shape index (κ3) is 2.20. The van der Waals surface area contributed by atoms with Crippen molar-refractivity contribution in [1.82, 2.24) is 15.3 Å². The third-order valence-corrected chi connectivity index (χ3v) is 3.11. The van der Waals surface area contributed by atoms with Crippen LogP contribution in [0.2, 0.25) is 0 Å². The van der Waals surface area contributed by atoms with Gasteiger partial charge in [-0.15, -0.1) is 0 Å². The van der Waals surface area contributed by atoms with E-state index in [2.05, 4.69) is 15.3 Å². The van der Waals surface area contributed by atoms with E-state index in [-0.39, 0.29) is 11.7 Å². The number of benzene rings is 1. The molecule has 0 aliphatic carbocycles. The molecule has 3 aromatic rings. The molecule has 0 amide bonds. The summed E-state index contributed by atoms with van der Waals surface area (Å²) < 4.78 is 5.48. The van der Waals surface area contributed by atoms with Gasteiger partial charge in [-0.1, -0.05) is 13.0 Å². The van der Waals surface area contributed by atoms with Gasteiger partial charge in [0.2, 0.25) is 0 Å². The summed E-state index contributed by atoms with van der Waals surface area (Å²) in [6, 6.07) is 9.65. The number of nitrogens with one attached hydrogen (secondary N) is 3. The first kappa shape index (κ1) is 11.8. The summed E-state index contributed by atoms with van der Waals surface area (Å²) in [5, 5.41) is 3.38. The molecule has 0 spiro atoms. The summed E-state index contributed by atoms with van der Waals surface area (Å²) in [4.78, 5) is 16.8. The fraction of sp³-hybridized carbons (Fsp3) is 0.214. The summed E-state index contributed by atoms with van der Waals surface area (Å²) in [6.45, 7) is 2.87.